The first-order valence-electron chi connectivity index (χ1n) is 6.73. The summed E-state index contributed by atoms with van der Waals surface area (Å²) >= 11 is 0. The number of carbonyl (C=O) groups is 1. The number of hydrogen-bond acceptors (Lipinski definition) is 4. The number of carbonyl (C=O) groups excluding carboxylic acids is 1. The maximum atomic E-state index is 12.4. The molecule has 0 aliphatic rings. The lowest BCUT2D eigenvalue weighted by molar-refractivity contribution is 0.101. The van der Waals surface area contributed by atoms with Gasteiger partial charge in [0.15, 0.2) is 5.78 Å². The fourth-order valence-corrected chi connectivity index (χ4v) is 2.44. The molecule has 0 unspecified atom stereocenters. The highest BCUT2D eigenvalue weighted by Crippen LogP contribution is 2.31. The van der Waals surface area contributed by atoms with Crippen molar-refractivity contribution in [2.45, 2.75) is 34.6 Å². The van der Waals surface area contributed by atoms with Crippen molar-refractivity contribution >= 4 is 22.3 Å². The van der Waals surface area contributed by atoms with E-state index >= 15 is 0 Å². The number of rotatable bonds is 2. The topological polar surface area (TPSA) is 67.5 Å². The summed E-state index contributed by atoms with van der Waals surface area (Å²) in [5, 5.41) is 10.1. The van der Waals surface area contributed by atoms with E-state index in [1.807, 2.05) is 19.9 Å². The van der Waals surface area contributed by atoms with Crippen molar-refractivity contribution in [3.63, 3.8) is 0 Å². The molecule has 0 saturated carbocycles. The minimum atomic E-state index is -0.500. The second kappa shape index (κ2) is 5.20. The van der Waals surface area contributed by atoms with Crippen molar-refractivity contribution < 1.29 is 14.3 Å². The van der Waals surface area contributed by atoms with Crippen LogP contribution >= 0.6 is 0 Å². The van der Waals surface area contributed by atoms with Gasteiger partial charge in [0.05, 0.1) is 10.9 Å². The number of Topliss-reactive ketones (excluding diaryl/α,β-unsaturated/α-hetero) is 1. The molecule has 0 fully saturated rings. The van der Waals surface area contributed by atoms with Gasteiger partial charge in [-0.05, 0) is 57.4 Å². The lowest BCUT2D eigenvalue weighted by Crippen LogP contribution is -2.09. The minimum Gasteiger partial charge on any atom is -0.502 e. The number of aromatic hydroxyl groups is 1. The fraction of sp³-hybridized carbons (Fsp3) is 0.294. The Morgan fingerprint density at radius 1 is 1.24 bits per heavy atom. The molecule has 0 radical (unpaired) electrons. The first kappa shape index (κ1) is 15.0. The van der Waals surface area contributed by atoms with Crippen LogP contribution in [0.15, 0.2) is 21.4 Å². The van der Waals surface area contributed by atoms with Gasteiger partial charge in [0.2, 0.25) is 11.2 Å². The van der Waals surface area contributed by atoms with E-state index in [-0.39, 0.29) is 22.5 Å². The Morgan fingerprint density at radius 2 is 1.86 bits per heavy atom. The Morgan fingerprint density at radius 3 is 2.38 bits per heavy atom. The van der Waals surface area contributed by atoms with Gasteiger partial charge in [-0.15, -0.1) is 0 Å². The molecule has 21 heavy (non-hydrogen) atoms. The Bertz CT molecular complexity index is 838. The second-order valence-electron chi connectivity index (χ2n) is 5.16. The number of allylic oxidation sites excluding steroid dienone is 2. The number of fused-ring (bicyclic) bond motifs is 1. The van der Waals surface area contributed by atoms with E-state index in [4.69, 9.17) is 4.42 Å². The molecular formula is C17H18O4. The van der Waals surface area contributed by atoms with Crippen LogP contribution in [0.1, 0.15) is 48.0 Å². The molecule has 0 aliphatic heterocycles. The third kappa shape index (κ3) is 2.27. The quantitative estimate of drug-likeness (QED) is 0.854. The number of aryl methyl sites for hydroxylation is 2. The SMILES string of the molecule is CC=C(C)c1cc(C(C)=O)c2oc(C)c(O)c(=O)c2c1C. The van der Waals surface area contributed by atoms with Crippen LogP contribution in [0.25, 0.3) is 16.5 Å². The molecule has 0 atom stereocenters. The Labute approximate surface area is 122 Å². The first-order chi connectivity index (χ1) is 9.79. The average Bonchev–Trinajstić information content (AvgIpc) is 2.43. The van der Waals surface area contributed by atoms with E-state index in [1.54, 1.807) is 13.0 Å². The van der Waals surface area contributed by atoms with Gasteiger partial charge >= 0.3 is 0 Å². The van der Waals surface area contributed by atoms with Crippen LogP contribution in [-0.2, 0) is 0 Å². The van der Waals surface area contributed by atoms with Crippen molar-refractivity contribution in [2.75, 3.05) is 0 Å². The third-order valence-corrected chi connectivity index (χ3v) is 3.81. The molecule has 1 aromatic carbocycles. The lowest BCUT2D eigenvalue weighted by Gasteiger charge is -2.13. The largest absolute Gasteiger partial charge is 0.502 e. The Hall–Kier alpha value is -2.36. The molecule has 4 heteroatoms. The highest BCUT2D eigenvalue weighted by molar-refractivity contribution is 6.07. The van der Waals surface area contributed by atoms with Crippen LogP contribution in [-0.4, -0.2) is 10.9 Å². The highest BCUT2D eigenvalue weighted by Gasteiger charge is 2.20. The van der Waals surface area contributed by atoms with Gasteiger partial charge in [0.1, 0.15) is 11.3 Å². The van der Waals surface area contributed by atoms with Crippen LogP contribution in [0.3, 0.4) is 0 Å². The predicted molar refractivity (Wildman–Crippen MR) is 83.0 cm³/mol. The standard InChI is InChI=1S/C17H18O4/c1-6-8(2)12-7-13(10(4)18)17-14(9(12)3)16(20)15(19)11(5)21-17/h6-7,19H,1-5H3. The molecule has 0 aliphatic carbocycles. The smallest absolute Gasteiger partial charge is 0.234 e. The fourth-order valence-electron chi connectivity index (χ4n) is 2.44. The summed E-state index contributed by atoms with van der Waals surface area (Å²) in [5.41, 5.74) is 2.57. The van der Waals surface area contributed by atoms with E-state index in [0.717, 1.165) is 11.1 Å². The van der Waals surface area contributed by atoms with Crippen molar-refractivity contribution in [2.24, 2.45) is 0 Å². The Kier molecular flexibility index (Phi) is 3.73. The number of ketones is 1. The maximum absolute atomic E-state index is 12.4. The molecule has 110 valence electrons. The maximum Gasteiger partial charge on any atom is 0.234 e. The van der Waals surface area contributed by atoms with Crippen LogP contribution in [0.4, 0.5) is 0 Å². The van der Waals surface area contributed by atoms with Gasteiger partial charge in [0.25, 0.3) is 0 Å². The molecule has 0 saturated heterocycles. The monoisotopic (exact) mass is 286 g/mol. The molecule has 4 nitrogen and oxygen atoms in total. The summed E-state index contributed by atoms with van der Waals surface area (Å²) in [7, 11) is 0. The molecule has 2 aromatic rings. The highest BCUT2D eigenvalue weighted by atomic mass is 16.4. The van der Waals surface area contributed by atoms with Gasteiger partial charge in [-0.3, -0.25) is 9.59 Å². The molecule has 0 bridgehead atoms. The van der Waals surface area contributed by atoms with Gasteiger partial charge < -0.3 is 9.52 Å². The van der Waals surface area contributed by atoms with Gasteiger partial charge in [-0.2, -0.15) is 0 Å². The van der Waals surface area contributed by atoms with E-state index in [1.165, 1.54) is 13.8 Å². The van der Waals surface area contributed by atoms with Crippen molar-refractivity contribution in [1.29, 1.82) is 0 Å². The zero-order chi connectivity index (χ0) is 15.9. The minimum absolute atomic E-state index is 0.116. The van der Waals surface area contributed by atoms with Crippen molar-refractivity contribution in [3.05, 3.63) is 44.8 Å². The van der Waals surface area contributed by atoms with Crippen molar-refractivity contribution in [3.8, 4) is 5.75 Å². The summed E-state index contributed by atoms with van der Waals surface area (Å²) in [4.78, 5) is 24.3. The molecule has 1 heterocycles. The van der Waals surface area contributed by atoms with Crippen LogP contribution in [0.2, 0.25) is 0 Å². The molecule has 2 rings (SSSR count). The predicted octanol–water partition coefficient (Wildman–Crippen LogP) is 3.74. The summed E-state index contributed by atoms with van der Waals surface area (Å²) in [6, 6.07) is 1.74. The molecular weight excluding hydrogens is 268 g/mol. The van der Waals surface area contributed by atoms with E-state index in [9.17, 15) is 14.7 Å². The summed E-state index contributed by atoms with van der Waals surface area (Å²) in [5.74, 6) is -0.473. The molecule has 0 amide bonds. The third-order valence-electron chi connectivity index (χ3n) is 3.81. The van der Waals surface area contributed by atoms with Gasteiger partial charge in [0, 0.05) is 0 Å². The number of benzene rings is 1. The number of hydrogen-bond donors (Lipinski definition) is 1. The van der Waals surface area contributed by atoms with E-state index in [0.29, 0.717) is 11.1 Å². The molecule has 1 aromatic heterocycles. The van der Waals surface area contributed by atoms with Gasteiger partial charge in [-0.25, -0.2) is 0 Å². The molecule has 1 N–H and O–H groups in total. The zero-order valence-corrected chi connectivity index (χ0v) is 12.8. The molecule has 0 spiro atoms. The normalized spacial score (nSPS) is 12.0. The lowest BCUT2D eigenvalue weighted by atomic mass is 9.93. The van der Waals surface area contributed by atoms with E-state index < -0.39 is 11.2 Å². The second-order valence-corrected chi connectivity index (χ2v) is 5.16. The van der Waals surface area contributed by atoms with Crippen LogP contribution in [0, 0.1) is 13.8 Å². The van der Waals surface area contributed by atoms with Crippen molar-refractivity contribution in [1.82, 2.24) is 0 Å². The average molecular weight is 286 g/mol. The first-order valence-corrected chi connectivity index (χ1v) is 6.73. The summed E-state index contributed by atoms with van der Waals surface area (Å²) in [6.45, 7) is 8.52. The zero-order valence-electron chi connectivity index (χ0n) is 12.8. The summed E-state index contributed by atoms with van der Waals surface area (Å²) < 4.78 is 5.52. The van der Waals surface area contributed by atoms with Gasteiger partial charge in [-0.1, -0.05) is 6.08 Å². The van der Waals surface area contributed by atoms with E-state index in [2.05, 4.69) is 0 Å². The van der Waals surface area contributed by atoms with Crippen LogP contribution < -0.4 is 5.43 Å². The summed E-state index contributed by atoms with van der Waals surface area (Å²) in [6.07, 6.45) is 1.91. The van der Waals surface area contributed by atoms with Crippen LogP contribution in [0.5, 0.6) is 5.75 Å². The Balaban J connectivity index is 3.13.